The molecule has 0 aromatic carbocycles. The highest BCUT2D eigenvalue weighted by atomic mass is 32.2. The predicted octanol–water partition coefficient (Wildman–Crippen LogP) is 10.7. The molecule has 3 unspecified atom stereocenters. The minimum atomic E-state index is -4.45. The maximum atomic E-state index is 12.6. The molecule has 1 amide bonds. The highest BCUT2D eigenvalue weighted by Crippen LogP contribution is 2.14. The first-order valence-corrected chi connectivity index (χ1v) is 21.9. The third-order valence-corrected chi connectivity index (χ3v) is 9.93. The fourth-order valence-electron chi connectivity index (χ4n) is 6.00. The average Bonchev–Trinajstić information content (AvgIpc) is 3.06. The molecule has 0 heterocycles. The van der Waals surface area contributed by atoms with Crippen LogP contribution in [-0.4, -0.2) is 53.1 Å². The number of unbranched alkanes of at least 4 members (excludes halogenated alkanes) is 23. The van der Waals surface area contributed by atoms with E-state index < -0.39 is 40.0 Å². The van der Waals surface area contributed by atoms with Gasteiger partial charge in [0.2, 0.25) is 5.91 Å². The molecule has 0 saturated heterocycles. The Labute approximate surface area is 302 Å². The van der Waals surface area contributed by atoms with Crippen molar-refractivity contribution in [2.24, 2.45) is 0 Å². The Morgan fingerprint density at radius 2 is 0.918 bits per heavy atom. The van der Waals surface area contributed by atoms with E-state index in [1.807, 2.05) is 0 Å². The summed E-state index contributed by atoms with van der Waals surface area (Å²) >= 11 is 0. The molecular weight excluding hydrogens is 635 g/mol. The SMILES string of the molecule is CCCCCCCC/C=C\CCCCCCCCC(O)C(=O)NC(CS(=O)(=O)O)C(O)/C=C/CC/C=C/CCCCCCCCCCCC. The Morgan fingerprint density at radius 1 is 0.551 bits per heavy atom. The lowest BCUT2D eigenvalue weighted by Crippen LogP contribution is -2.50. The lowest BCUT2D eigenvalue weighted by Gasteiger charge is -2.22. The van der Waals surface area contributed by atoms with Crippen molar-refractivity contribution in [3.63, 3.8) is 0 Å². The average molecular weight is 712 g/mol. The monoisotopic (exact) mass is 712 g/mol. The molecule has 0 rings (SSSR count). The molecule has 0 radical (unpaired) electrons. The highest BCUT2D eigenvalue weighted by molar-refractivity contribution is 7.85. The van der Waals surface area contributed by atoms with E-state index in [1.165, 1.54) is 128 Å². The van der Waals surface area contributed by atoms with Gasteiger partial charge >= 0.3 is 0 Å². The van der Waals surface area contributed by atoms with Gasteiger partial charge in [-0.15, -0.1) is 0 Å². The Kier molecular flexibility index (Phi) is 33.9. The van der Waals surface area contributed by atoms with Gasteiger partial charge < -0.3 is 15.5 Å². The van der Waals surface area contributed by atoms with Gasteiger partial charge in [-0.25, -0.2) is 0 Å². The summed E-state index contributed by atoms with van der Waals surface area (Å²) in [5.41, 5.74) is 0. The topological polar surface area (TPSA) is 124 Å². The normalized spacial score (nSPS) is 14.3. The lowest BCUT2D eigenvalue weighted by atomic mass is 10.0. The number of hydrogen-bond acceptors (Lipinski definition) is 5. The zero-order valence-corrected chi connectivity index (χ0v) is 32.5. The van der Waals surface area contributed by atoms with Crippen molar-refractivity contribution in [2.45, 2.75) is 212 Å². The Morgan fingerprint density at radius 3 is 1.35 bits per heavy atom. The maximum Gasteiger partial charge on any atom is 0.267 e. The van der Waals surface area contributed by atoms with Crippen LogP contribution in [0, 0.1) is 0 Å². The van der Waals surface area contributed by atoms with Crippen molar-refractivity contribution in [1.82, 2.24) is 5.32 Å². The van der Waals surface area contributed by atoms with E-state index >= 15 is 0 Å². The number of nitrogens with one attached hydrogen (secondary N) is 1. The van der Waals surface area contributed by atoms with Gasteiger partial charge in [0.25, 0.3) is 10.1 Å². The van der Waals surface area contributed by atoms with Gasteiger partial charge in [0.05, 0.1) is 17.9 Å². The largest absolute Gasteiger partial charge is 0.387 e. The second-order valence-corrected chi connectivity index (χ2v) is 15.5. The van der Waals surface area contributed by atoms with E-state index in [0.29, 0.717) is 12.8 Å². The number of rotatable bonds is 36. The van der Waals surface area contributed by atoms with Crippen molar-refractivity contribution in [3.8, 4) is 0 Å². The summed E-state index contributed by atoms with van der Waals surface area (Å²) in [6, 6.07) is -1.25. The quantitative estimate of drug-likeness (QED) is 0.0291. The summed E-state index contributed by atoms with van der Waals surface area (Å²) in [6.07, 6.45) is 42.0. The molecule has 0 aromatic rings. The van der Waals surface area contributed by atoms with Crippen molar-refractivity contribution in [3.05, 3.63) is 36.5 Å². The van der Waals surface area contributed by atoms with Gasteiger partial charge in [0.1, 0.15) is 6.10 Å². The number of carbonyl (C=O) groups is 1. The van der Waals surface area contributed by atoms with E-state index in [2.05, 4.69) is 43.5 Å². The highest BCUT2D eigenvalue weighted by Gasteiger charge is 2.27. The van der Waals surface area contributed by atoms with E-state index in [-0.39, 0.29) is 6.42 Å². The third kappa shape index (κ3) is 34.7. The third-order valence-electron chi connectivity index (χ3n) is 9.15. The number of carbonyl (C=O) groups excluding carboxylic acids is 1. The zero-order valence-electron chi connectivity index (χ0n) is 31.7. The molecule has 8 heteroatoms. The first-order valence-electron chi connectivity index (χ1n) is 20.3. The van der Waals surface area contributed by atoms with E-state index in [0.717, 1.165) is 38.5 Å². The minimum absolute atomic E-state index is 0.267. The lowest BCUT2D eigenvalue weighted by molar-refractivity contribution is -0.130. The molecule has 3 atom stereocenters. The van der Waals surface area contributed by atoms with Gasteiger partial charge in [-0.1, -0.05) is 172 Å². The molecule has 49 heavy (non-hydrogen) atoms. The van der Waals surface area contributed by atoms with Crippen LogP contribution in [0.4, 0.5) is 0 Å². The van der Waals surface area contributed by atoms with Crippen LogP contribution in [0.2, 0.25) is 0 Å². The number of aliphatic hydroxyl groups is 2. The van der Waals surface area contributed by atoms with Gasteiger partial charge in [0.15, 0.2) is 0 Å². The van der Waals surface area contributed by atoms with Gasteiger partial charge in [0, 0.05) is 0 Å². The summed E-state index contributed by atoms with van der Waals surface area (Å²) in [5.74, 6) is -1.56. The van der Waals surface area contributed by atoms with Crippen molar-refractivity contribution in [2.75, 3.05) is 5.75 Å². The Balaban J connectivity index is 4.11. The van der Waals surface area contributed by atoms with E-state index in [9.17, 15) is 28.0 Å². The molecule has 0 aliphatic rings. The first-order chi connectivity index (χ1) is 23.7. The molecule has 0 saturated carbocycles. The number of aliphatic hydroxyl groups excluding tert-OH is 2. The van der Waals surface area contributed by atoms with Crippen LogP contribution in [0.15, 0.2) is 36.5 Å². The number of hydrogen-bond donors (Lipinski definition) is 4. The summed E-state index contributed by atoms with van der Waals surface area (Å²) < 4.78 is 32.5. The molecular formula is C41H77NO6S. The standard InChI is InChI=1S/C41H77NO6S/c1-3-5-7-9-11-13-15-17-19-21-23-25-27-29-31-33-35-39(43)38(37-49(46,47)48)42-41(45)40(44)36-34-32-30-28-26-24-22-20-18-16-14-12-10-8-6-4-2/h18,20,25,27,33,35,38-40,43-44H,3-17,19,21-24,26,28-32,34,36-37H2,1-2H3,(H,42,45)(H,46,47,48)/b20-18-,27-25+,35-33+. The molecule has 0 aromatic heterocycles. The fraction of sp³-hybridized carbons (Fsp3) is 0.829. The van der Waals surface area contributed by atoms with Gasteiger partial charge in [-0.2, -0.15) is 8.42 Å². The van der Waals surface area contributed by atoms with Crippen LogP contribution >= 0.6 is 0 Å². The van der Waals surface area contributed by atoms with Crippen LogP contribution in [0.3, 0.4) is 0 Å². The van der Waals surface area contributed by atoms with Crippen molar-refractivity contribution in [1.29, 1.82) is 0 Å². The molecule has 0 fully saturated rings. The summed E-state index contributed by atoms with van der Waals surface area (Å²) in [6.45, 7) is 4.50. The molecule has 288 valence electrons. The van der Waals surface area contributed by atoms with Crippen LogP contribution in [0.25, 0.3) is 0 Å². The second-order valence-electron chi connectivity index (χ2n) is 14.0. The zero-order chi connectivity index (χ0) is 36.3. The maximum absolute atomic E-state index is 12.6. The molecule has 0 spiro atoms. The van der Waals surface area contributed by atoms with Crippen LogP contribution < -0.4 is 5.32 Å². The second kappa shape index (κ2) is 34.9. The van der Waals surface area contributed by atoms with Crippen LogP contribution in [0.1, 0.15) is 194 Å². The van der Waals surface area contributed by atoms with E-state index in [4.69, 9.17) is 0 Å². The van der Waals surface area contributed by atoms with Gasteiger partial charge in [-0.3, -0.25) is 9.35 Å². The van der Waals surface area contributed by atoms with E-state index in [1.54, 1.807) is 6.08 Å². The molecule has 0 aliphatic carbocycles. The Bertz CT molecular complexity index is 932. The molecule has 0 aliphatic heterocycles. The van der Waals surface area contributed by atoms with Gasteiger partial charge in [-0.05, 0) is 57.8 Å². The first kappa shape index (κ1) is 47.5. The van der Waals surface area contributed by atoms with Crippen molar-refractivity contribution < 1.29 is 28.0 Å². The molecule has 4 N–H and O–H groups in total. The molecule has 7 nitrogen and oxygen atoms in total. The minimum Gasteiger partial charge on any atom is -0.387 e. The Hall–Kier alpha value is -1.48. The van der Waals surface area contributed by atoms with Crippen LogP contribution in [-0.2, 0) is 14.9 Å². The number of allylic oxidation sites excluding steroid dienone is 5. The van der Waals surface area contributed by atoms with Crippen LogP contribution in [0.5, 0.6) is 0 Å². The van der Waals surface area contributed by atoms with Crippen molar-refractivity contribution >= 4 is 16.0 Å². The summed E-state index contributed by atoms with van der Waals surface area (Å²) in [5, 5.41) is 23.3. The smallest absolute Gasteiger partial charge is 0.267 e. The number of amides is 1. The fourth-order valence-corrected chi connectivity index (χ4v) is 6.73. The summed E-state index contributed by atoms with van der Waals surface area (Å²) in [7, 11) is -4.45. The molecule has 0 bridgehead atoms. The summed E-state index contributed by atoms with van der Waals surface area (Å²) in [4.78, 5) is 12.6. The predicted molar refractivity (Wildman–Crippen MR) is 208 cm³/mol.